The molecule has 0 bridgehead atoms. The summed E-state index contributed by atoms with van der Waals surface area (Å²) in [5.41, 5.74) is 16.7. The zero-order valence-corrected chi connectivity index (χ0v) is 12.6. The van der Waals surface area contributed by atoms with Crippen LogP contribution in [0.4, 0.5) is 10.1 Å². The molecule has 122 valence electrons. The average Bonchev–Trinajstić information content (AvgIpc) is 2.48. The van der Waals surface area contributed by atoms with Crippen LogP contribution in [0.25, 0.3) is 0 Å². The normalized spacial score (nSPS) is 20.1. The third-order valence-corrected chi connectivity index (χ3v) is 4.32. The topological polar surface area (TPSA) is 123 Å². The highest BCUT2D eigenvalue weighted by atomic mass is 19.1. The van der Waals surface area contributed by atoms with Crippen LogP contribution in [0.15, 0.2) is 28.2 Å². The third-order valence-electron chi connectivity index (χ3n) is 4.32. The van der Waals surface area contributed by atoms with Gasteiger partial charge in [0.1, 0.15) is 11.5 Å². The van der Waals surface area contributed by atoms with Gasteiger partial charge >= 0.3 is 0 Å². The summed E-state index contributed by atoms with van der Waals surface area (Å²) in [5.74, 6) is -1.000. The van der Waals surface area contributed by atoms with Gasteiger partial charge in [-0.3, -0.25) is 9.69 Å². The van der Waals surface area contributed by atoms with Crippen LogP contribution < -0.4 is 22.1 Å². The van der Waals surface area contributed by atoms with Gasteiger partial charge in [-0.15, -0.1) is 0 Å². The fraction of sp³-hybridized carbons (Fsp3) is 0.400. The zero-order valence-electron chi connectivity index (χ0n) is 12.6. The van der Waals surface area contributed by atoms with E-state index >= 15 is 0 Å². The average molecular weight is 318 g/mol. The number of hydrogen-bond donors (Lipinski definition) is 3. The van der Waals surface area contributed by atoms with Crippen LogP contribution in [0.2, 0.25) is 0 Å². The van der Waals surface area contributed by atoms with E-state index in [1.54, 1.807) is 4.90 Å². The van der Waals surface area contributed by atoms with Crippen molar-refractivity contribution in [2.24, 2.45) is 27.2 Å². The number of carbonyl (C=O) groups is 1. The molecule has 1 aromatic rings. The molecule has 1 spiro atoms. The summed E-state index contributed by atoms with van der Waals surface area (Å²) in [6.07, 6.45) is 4.30. The SMILES string of the molecule is NC(=O)c1ccc(F)c(N2C(N)=NC(N)=NC23CCCCC3)c1. The fourth-order valence-electron chi connectivity index (χ4n) is 3.31. The Morgan fingerprint density at radius 1 is 1.22 bits per heavy atom. The van der Waals surface area contributed by atoms with E-state index < -0.39 is 17.4 Å². The van der Waals surface area contributed by atoms with Crippen LogP contribution in [0.5, 0.6) is 0 Å². The summed E-state index contributed by atoms with van der Waals surface area (Å²) in [5, 5.41) is 0. The van der Waals surface area contributed by atoms with Crippen molar-refractivity contribution in [2.75, 3.05) is 4.90 Å². The first-order chi connectivity index (χ1) is 10.9. The minimum absolute atomic E-state index is 0.0694. The molecule has 7 nitrogen and oxygen atoms in total. The first kappa shape index (κ1) is 15.3. The van der Waals surface area contributed by atoms with Crippen molar-refractivity contribution in [1.82, 2.24) is 0 Å². The van der Waals surface area contributed by atoms with Gasteiger partial charge in [-0.2, -0.15) is 4.99 Å². The van der Waals surface area contributed by atoms with Crippen molar-refractivity contribution in [3.63, 3.8) is 0 Å². The summed E-state index contributed by atoms with van der Waals surface area (Å²) in [4.78, 5) is 21.4. The molecular formula is C15H19FN6O. The maximum absolute atomic E-state index is 14.4. The Bertz CT molecular complexity index is 708. The largest absolute Gasteiger partial charge is 0.369 e. The van der Waals surface area contributed by atoms with Crippen molar-refractivity contribution >= 4 is 23.5 Å². The van der Waals surface area contributed by atoms with Gasteiger partial charge in [-0.1, -0.05) is 6.42 Å². The predicted molar refractivity (Wildman–Crippen MR) is 86.5 cm³/mol. The number of rotatable bonds is 2. The van der Waals surface area contributed by atoms with Gasteiger partial charge < -0.3 is 17.2 Å². The monoisotopic (exact) mass is 318 g/mol. The van der Waals surface area contributed by atoms with Crippen molar-refractivity contribution in [1.29, 1.82) is 0 Å². The van der Waals surface area contributed by atoms with Crippen LogP contribution in [0.3, 0.4) is 0 Å². The lowest BCUT2D eigenvalue weighted by Crippen LogP contribution is -2.58. The number of halogens is 1. The van der Waals surface area contributed by atoms with E-state index in [1.165, 1.54) is 18.2 Å². The van der Waals surface area contributed by atoms with Gasteiger partial charge in [0.05, 0.1) is 5.69 Å². The molecule has 1 fully saturated rings. The van der Waals surface area contributed by atoms with E-state index in [0.717, 1.165) is 19.3 Å². The van der Waals surface area contributed by atoms with Gasteiger partial charge in [-0.25, -0.2) is 9.38 Å². The smallest absolute Gasteiger partial charge is 0.248 e. The summed E-state index contributed by atoms with van der Waals surface area (Å²) in [6, 6.07) is 3.91. The Morgan fingerprint density at radius 2 is 1.91 bits per heavy atom. The van der Waals surface area contributed by atoms with Gasteiger partial charge in [0.15, 0.2) is 0 Å². The van der Waals surface area contributed by atoms with Crippen molar-refractivity contribution in [3.05, 3.63) is 29.6 Å². The Kier molecular flexibility index (Phi) is 3.67. The molecule has 23 heavy (non-hydrogen) atoms. The lowest BCUT2D eigenvalue weighted by atomic mass is 9.87. The molecule has 1 amide bonds. The highest BCUT2D eigenvalue weighted by Crippen LogP contribution is 2.40. The number of primary amides is 1. The molecular weight excluding hydrogens is 299 g/mol. The minimum atomic E-state index is -0.759. The summed E-state index contributed by atoms with van der Waals surface area (Å²) in [7, 11) is 0. The molecule has 6 N–H and O–H groups in total. The molecule has 1 aliphatic heterocycles. The molecule has 0 saturated heterocycles. The van der Waals surface area contributed by atoms with Crippen molar-refractivity contribution in [3.8, 4) is 0 Å². The molecule has 1 saturated carbocycles. The van der Waals surface area contributed by atoms with E-state index in [2.05, 4.69) is 9.98 Å². The number of guanidine groups is 2. The molecule has 1 aliphatic carbocycles. The van der Waals surface area contributed by atoms with Crippen LogP contribution in [-0.2, 0) is 0 Å². The lowest BCUT2D eigenvalue weighted by molar-refractivity contribution is 0.1000. The van der Waals surface area contributed by atoms with E-state index in [4.69, 9.17) is 17.2 Å². The second-order valence-electron chi connectivity index (χ2n) is 5.85. The number of anilines is 1. The quantitative estimate of drug-likeness (QED) is 0.753. The van der Waals surface area contributed by atoms with E-state index in [1.807, 2.05) is 0 Å². The van der Waals surface area contributed by atoms with E-state index in [9.17, 15) is 9.18 Å². The van der Waals surface area contributed by atoms with Crippen LogP contribution in [-0.4, -0.2) is 23.5 Å². The second kappa shape index (κ2) is 5.53. The number of aliphatic imine (C=N–C) groups is 2. The summed E-state index contributed by atoms with van der Waals surface area (Å²) in [6.45, 7) is 0. The third kappa shape index (κ3) is 2.60. The van der Waals surface area contributed by atoms with Gasteiger partial charge in [0.25, 0.3) is 0 Å². The number of carbonyl (C=O) groups excluding carboxylic acids is 1. The van der Waals surface area contributed by atoms with Crippen LogP contribution >= 0.6 is 0 Å². The number of amides is 1. The number of nitrogens with two attached hydrogens (primary N) is 3. The van der Waals surface area contributed by atoms with Crippen LogP contribution in [0, 0.1) is 5.82 Å². The first-order valence-electron chi connectivity index (χ1n) is 7.52. The fourth-order valence-corrected chi connectivity index (χ4v) is 3.31. The van der Waals surface area contributed by atoms with E-state index in [-0.39, 0.29) is 23.2 Å². The molecule has 0 atom stereocenters. The Labute approximate surface area is 133 Å². The molecule has 3 rings (SSSR count). The zero-order chi connectivity index (χ0) is 16.6. The number of nitrogens with zero attached hydrogens (tertiary/aromatic N) is 3. The van der Waals surface area contributed by atoms with Crippen LogP contribution in [0.1, 0.15) is 42.5 Å². The highest BCUT2D eigenvalue weighted by molar-refractivity contribution is 6.06. The maximum Gasteiger partial charge on any atom is 0.248 e. The molecule has 0 unspecified atom stereocenters. The molecule has 2 aliphatic rings. The summed E-state index contributed by atoms with van der Waals surface area (Å²) < 4.78 is 14.4. The molecule has 0 radical (unpaired) electrons. The number of hydrogen-bond acceptors (Lipinski definition) is 6. The van der Waals surface area contributed by atoms with Crippen molar-refractivity contribution in [2.45, 2.75) is 37.8 Å². The lowest BCUT2D eigenvalue weighted by Gasteiger charge is -2.45. The minimum Gasteiger partial charge on any atom is -0.369 e. The molecule has 1 aromatic carbocycles. The Hall–Kier alpha value is -2.64. The summed E-state index contributed by atoms with van der Waals surface area (Å²) >= 11 is 0. The molecule has 1 heterocycles. The maximum atomic E-state index is 14.4. The standard InChI is InChI=1S/C15H19FN6O/c16-10-5-4-9(12(17)23)8-11(10)22-14(19)20-13(18)21-15(22)6-2-1-3-7-15/h4-5,8H,1-3,6-7H2,(H2,17,23)(H4,18,19,20,21). The van der Waals surface area contributed by atoms with Gasteiger partial charge in [0.2, 0.25) is 17.8 Å². The predicted octanol–water partition coefficient (Wildman–Crippen LogP) is 1.03. The Morgan fingerprint density at radius 3 is 2.57 bits per heavy atom. The van der Waals surface area contributed by atoms with Gasteiger partial charge in [0, 0.05) is 5.56 Å². The van der Waals surface area contributed by atoms with Crippen molar-refractivity contribution < 1.29 is 9.18 Å². The highest BCUT2D eigenvalue weighted by Gasteiger charge is 2.43. The molecule has 8 heteroatoms. The second-order valence-corrected chi connectivity index (χ2v) is 5.85. The first-order valence-corrected chi connectivity index (χ1v) is 7.52. The molecule has 0 aromatic heterocycles. The van der Waals surface area contributed by atoms with E-state index in [0.29, 0.717) is 12.8 Å². The Balaban J connectivity index is 2.14. The number of benzene rings is 1. The van der Waals surface area contributed by atoms with Gasteiger partial charge in [-0.05, 0) is 43.9 Å².